The van der Waals surface area contributed by atoms with Gasteiger partial charge in [-0.3, -0.25) is 4.98 Å². The van der Waals surface area contributed by atoms with Crippen molar-refractivity contribution in [1.29, 1.82) is 0 Å². The van der Waals surface area contributed by atoms with Crippen LogP contribution in [-0.4, -0.2) is 11.6 Å². The number of hydrogen-bond acceptors (Lipinski definition) is 3. The van der Waals surface area contributed by atoms with E-state index in [1.807, 2.05) is 38.1 Å². The van der Waals surface area contributed by atoms with Crippen LogP contribution >= 0.6 is 0 Å². The Balaban J connectivity index is 2.13. The summed E-state index contributed by atoms with van der Waals surface area (Å²) in [5.74, 6) is 0.863. The van der Waals surface area contributed by atoms with Crippen LogP contribution in [0.5, 0.6) is 5.75 Å². The first-order chi connectivity index (χ1) is 11.1. The van der Waals surface area contributed by atoms with Gasteiger partial charge >= 0.3 is 0 Å². The summed E-state index contributed by atoms with van der Waals surface area (Å²) < 4.78 is 5.72. The van der Waals surface area contributed by atoms with Crippen LogP contribution in [0.3, 0.4) is 0 Å². The van der Waals surface area contributed by atoms with Gasteiger partial charge in [-0.1, -0.05) is 23.8 Å². The lowest BCUT2D eigenvalue weighted by Crippen LogP contribution is -2.00. The Labute approximate surface area is 137 Å². The molecule has 3 heteroatoms. The summed E-state index contributed by atoms with van der Waals surface area (Å²) in [7, 11) is 0. The van der Waals surface area contributed by atoms with Crippen LogP contribution in [0.1, 0.15) is 23.7 Å². The maximum atomic E-state index is 5.72. The maximum Gasteiger partial charge on any atom is 0.142 e. The van der Waals surface area contributed by atoms with Crippen molar-refractivity contribution in [1.82, 2.24) is 4.98 Å². The molecular formula is C20H22N2O. The highest BCUT2D eigenvalue weighted by Crippen LogP contribution is 2.33. The molecule has 0 fully saturated rings. The molecule has 0 aliphatic carbocycles. The molecule has 0 amide bonds. The Bertz CT molecular complexity index is 856. The molecule has 3 aromatic rings. The van der Waals surface area contributed by atoms with E-state index in [2.05, 4.69) is 37.4 Å². The summed E-state index contributed by atoms with van der Waals surface area (Å²) in [6.07, 6.45) is 0. The average Bonchev–Trinajstić information content (AvgIpc) is 2.51. The first-order valence-electron chi connectivity index (χ1n) is 7.96. The van der Waals surface area contributed by atoms with Crippen LogP contribution in [0, 0.1) is 20.8 Å². The molecule has 0 radical (unpaired) electrons. The SMILES string of the molecule is CCOc1ccccc1Nc1cc(C)nc2c(C)cc(C)cc12. The highest BCUT2D eigenvalue weighted by molar-refractivity contribution is 5.95. The Morgan fingerprint density at radius 2 is 1.78 bits per heavy atom. The molecule has 1 heterocycles. The zero-order valence-corrected chi connectivity index (χ0v) is 14.1. The van der Waals surface area contributed by atoms with E-state index in [4.69, 9.17) is 9.72 Å². The number of rotatable bonds is 4. The van der Waals surface area contributed by atoms with Gasteiger partial charge in [0.1, 0.15) is 5.75 Å². The summed E-state index contributed by atoms with van der Waals surface area (Å²) in [6, 6.07) is 14.5. The molecule has 1 N–H and O–H groups in total. The lowest BCUT2D eigenvalue weighted by molar-refractivity contribution is 0.342. The van der Waals surface area contributed by atoms with E-state index in [0.717, 1.165) is 33.7 Å². The molecule has 2 aromatic carbocycles. The first kappa shape index (κ1) is 15.3. The number of anilines is 2. The highest BCUT2D eigenvalue weighted by atomic mass is 16.5. The number of para-hydroxylation sites is 2. The van der Waals surface area contributed by atoms with Gasteiger partial charge in [-0.15, -0.1) is 0 Å². The number of nitrogens with zero attached hydrogens (tertiary/aromatic N) is 1. The molecular weight excluding hydrogens is 284 g/mol. The van der Waals surface area contributed by atoms with Crippen molar-refractivity contribution >= 4 is 22.3 Å². The fraction of sp³-hybridized carbons (Fsp3) is 0.250. The molecule has 1 aromatic heterocycles. The number of nitrogens with one attached hydrogen (secondary N) is 1. The zero-order valence-electron chi connectivity index (χ0n) is 14.1. The second-order valence-electron chi connectivity index (χ2n) is 5.84. The number of benzene rings is 2. The van der Waals surface area contributed by atoms with E-state index >= 15 is 0 Å². The van der Waals surface area contributed by atoms with E-state index in [1.165, 1.54) is 11.1 Å². The summed E-state index contributed by atoms with van der Waals surface area (Å²) in [5, 5.41) is 4.67. The topological polar surface area (TPSA) is 34.1 Å². The molecule has 0 unspecified atom stereocenters. The third kappa shape index (κ3) is 3.14. The molecule has 3 rings (SSSR count). The minimum Gasteiger partial charge on any atom is -0.492 e. The number of aromatic nitrogens is 1. The van der Waals surface area contributed by atoms with Gasteiger partial charge in [0, 0.05) is 16.8 Å². The van der Waals surface area contributed by atoms with Crippen molar-refractivity contribution in [3.05, 3.63) is 59.3 Å². The number of fused-ring (bicyclic) bond motifs is 1. The molecule has 3 nitrogen and oxygen atoms in total. The van der Waals surface area contributed by atoms with Crippen molar-refractivity contribution in [3.63, 3.8) is 0 Å². The lowest BCUT2D eigenvalue weighted by atomic mass is 10.0. The minimum absolute atomic E-state index is 0.646. The van der Waals surface area contributed by atoms with E-state index in [0.29, 0.717) is 6.61 Å². The van der Waals surface area contributed by atoms with Gasteiger partial charge in [-0.2, -0.15) is 0 Å². The van der Waals surface area contributed by atoms with Crippen molar-refractivity contribution in [2.75, 3.05) is 11.9 Å². The Morgan fingerprint density at radius 3 is 2.57 bits per heavy atom. The van der Waals surface area contributed by atoms with Gasteiger partial charge < -0.3 is 10.1 Å². The van der Waals surface area contributed by atoms with Crippen LogP contribution in [0.15, 0.2) is 42.5 Å². The average molecular weight is 306 g/mol. The van der Waals surface area contributed by atoms with Gasteiger partial charge in [0.2, 0.25) is 0 Å². The summed E-state index contributed by atoms with van der Waals surface area (Å²) in [5.41, 5.74) is 6.52. The molecule has 0 saturated carbocycles. The minimum atomic E-state index is 0.646. The van der Waals surface area contributed by atoms with Gasteiger partial charge in [0.25, 0.3) is 0 Å². The van der Waals surface area contributed by atoms with Crippen LogP contribution < -0.4 is 10.1 Å². The van der Waals surface area contributed by atoms with Gasteiger partial charge in [0.15, 0.2) is 0 Å². The Kier molecular flexibility index (Phi) is 4.20. The summed E-state index contributed by atoms with van der Waals surface area (Å²) >= 11 is 0. The first-order valence-corrected chi connectivity index (χ1v) is 7.96. The summed E-state index contributed by atoms with van der Waals surface area (Å²) in [6.45, 7) is 8.89. The molecule has 0 aliphatic rings. The third-order valence-corrected chi connectivity index (χ3v) is 3.83. The van der Waals surface area contributed by atoms with Crippen molar-refractivity contribution < 1.29 is 4.74 Å². The molecule has 118 valence electrons. The van der Waals surface area contributed by atoms with Crippen molar-refractivity contribution in [3.8, 4) is 5.75 Å². The van der Waals surface area contributed by atoms with E-state index in [9.17, 15) is 0 Å². The number of pyridine rings is 1. The predicted molar refractivity (Wildman–Crippen MR) is 96.8 cm³/mol. The Morgan fingerprint density at radius 1 is 1.00 bits per heavy atom. The van der Waals surface area contributed by atoms with Gasteiger partial charge in [-0.05, 0) is 57.5 Å². The van der Waals surface area contributed by atoms with Crippen LogP contribution in [0.25, 0.3) is 10.9 Å². The van der Waals surface area contributed by atoms with Gasteiger partial charge in [0.05, 0.1) is 17.8 Å². The maximum absolute atomic E-state index is 5.72. The standard InChI is InChI=1S/C20H22N2O/c1-5-23-19-9-7-6-8-17(19)22-18-12-15(4)21-20-14(3)10-13(2)11-16(18)20/h6-12H,5H2,1-4H3,(H,21,22). The van der Waals surface area contributed by atoms with Crippen LogP contribution in [0.4, 0.5) is 11.4 Å². The number of hydrogen-bond donors (Lipinski definition) is 1. The zero-order chi connectivity index (χ0) is 16.4. The van der Waals surface area contributed by atoms with Gasteiger partial charge in [-0.25, -0.2) is 0 Å². The molecule has 0 bridgehead atoms. The predicted octanol–water partition coefficient (Wildman–Crippen LogP) is 5.30. The number of ether oxygens (including phenoxy) is 1. The smallest absolute Gasteiger partial charge is 0.142 e. The lowest BCUT2D eigenvalue weighted by Gasteiger charge is -2.15. The fourth-order valence-electron chi connectivity index (χ4n) is 2.91. The van der Waals surface area contributed by atoms with Crippen LogP contribution in [0.2, 0.25) is 0 Å². The molecule has 0 aliphatic heterocycles. The second kappa shape index (κ2) is 6.29. The molecule has 0 saturated heterocycles. The monoisotopic (exact) mass is 306 g/mol. The van der Waals surface area contributed by atoms with Crippen molar-refractivity contribution in [2.45, 2.75) is 27.7 Å². The van der Waals surface area contributed by atoms with E-state index in [-0.39, 0.29) is 0 Å². The third-order valence-electron chi connectivity index (χ3n) is 3.83. The normalized spacial score (nSPS) is 10.8. The second-order valence-corrected chi connectivity index (χ2v) is 5.84. The highest BCUT2D eigenvalue weighted by Gasteiger charge is 2.10. The molecule has 0 atom stereocenters. The Hall–Kier alpha value is -2.55. The van der Waals surface area contributed by atoms with E-state index in [1.54, 1.807) is 0 Å². The molecule has 0 spiro atoms. The van der Waals surface area contributed by atoms with E-state index < -0.39 is 0 Å². The largest absolute Gasteiger partial charge is 0.492 e. The van der Waals surface area contributed by atoms with Crippen LogP contribution in [-0.2, 0) is 0 Å². The quantitative estimate of drug-likeness (QED) is 0.710. The fourth-order valence-corrected chi connectivity index (χ4v) is 2.91. The van der Waals surface area contributed by atoms with Crippen molar-refractivity contribution in [2.24, 2.45) is 0 Å². The number of aryl methyl sites for hydroxylation is 3. The molecule has 23 heavy (non-hydrogen) atoms. The summed E-state index contributed by atoms with van der Waals surface area (Å²) in [4.78, 5) is 4.71.